The first-order chi connectivity index (χ1) is 8.18. The summed E-state index contributed by atoms with van der Waals surface area (Å²) in [5.74, 6) is 0. The lowest BCUT2D eigenvalue weighted by molar-refractivity contribution is 0.562. The van der Waals surface area contributed by atoms with Crippen molar-refractivity contribution in [2.45, 2.75) is 85.0 Å². The van der Waals surface area contributed by atoms with Gasteiger partial charge in [-0.3, -0.25) is 0 Å². The van der Waals surface area contributed by atoms with E-state index in [2.05, 4.69) is 27.0 Å². The monoisotopic (exact) mass is 238 g/mol. The van der Waals surface area contributed by atoms with E-state index in [1.807, 2.05) is 6.92 Å². The molecule has 0 fully saturated rings. The largest absolute Gasteiger partial charge is 0.0988 e. The number of hydrogen-bond acceptors (Lipinski definition) is 0. The third kappa shape index (κ3) is 25.6. The van der Waals surface area contributed by atoms with E-state index in [0.29, 0.717) is 0 Å². The fraction of sp³-hybridized carbons (Fsp3) is 0.765. The standard InChI is InChI=1S/C12H26.C5H8/c1-3-5-7-9-11-12-10-8-6-4-2;1-4-5(2)3/h3-12H2,1-2H3;4H,1-2H2,3H3. The van der Waals surface area contributed by atoms with E-state index in [0.717, 1.165) is 5.57 Å². The molecule has 0 N–H and O–H groups in total. The molecule has 0 aromatic carbocycles. The van der Waals surface area contributed by atoms with Gasteiger partial charge in [-0.1, -0.05) is 103 Å². The topological polar surface area (TPSA) is 0 Å². The molecule has 17 heavy (non-hydrogen) atoms. The predicted molar refractivity (Wildman–Crippen MR) is 82.5 cm³/mol. The van der Waals surface area contributed by atoms with Gasteiger partial charge in [0, 0.05) is 0 Å². The van der Waals surface area contributed by atoms with E-state index in [4.69, 9.17) is 0 Å². The average Bonchev–Trinajstić information content (AvgIpc) is 2.33. The van der Waals surface area contributed by atoms with Gasteiger partial charge in [-0.2, -0.15) is 0 Å². The number of rotatable bonds is 10. The maximum atomic E-state index is 3.56. The third-order valence-electron chi connectivity index (χ3n) is 2.81. The van der Waals surface area contributed by atoms with Crippen LogP contribution in [0, 0.1) is 0 Å². The fourth-order valence-corrected chi connectivity index (χ4v) is 1.56. The first kappa shape index (κ1) is 18.8. The Labute approximate surface area is 110 Å². The lowest BCUT2D eigenvalue weighted by atomic mass is 10.1. The Morgan fingerprint density at radius 1 is 0.765 bits per heavy atom. The maximum Gasteiger partial charge on any atom is -0.0404 e. The molecule has 0 saturated heterocycles. The van der Waals surface area contributed by atoms with Crippen LogP contribution in [0.1, 0.15) is 85.0 Å². The first-order valence-electron chi connectivity index (χ1n) is 7.46. The molecule has 0 nitrogen and oxygen atoms in total. The quantitative estimate of drug-likeness (QED) is 0.294. The van der Waals surface area contributed by atoms with Crippen LogP contribution in [0.5, 0.6) is 0 Å². The van der Waals surface area contributed by atoms with E-state index < -0.39 is 0 Å². The highest BCUT2D eigenvalue weighted by Gasteiger charge is 1.90. The van der Waals surface area contributed by atoms with E-state index in [1.54, 1.807) is 6.08 Å². The normalized spacial score (nSPS) is 9.35. The Morgan fingerprint density at radius 2 is 1.00 bits per heavy atom. The van der Waals surface area contributed by atoms with Crippen molar-refractivity contribution in [3.8, 4) is 0 Å². The summed E-state index contributed by atoms with van der Waals surface area (Å²) in [5, 5.41) is 0. The maximum absolute atomic E-state index is 3.56. The van der Waals surface area contributed by atoms with Gasteiger partial charge < -0.3 is 0 Å². The van der Waals surface area contributed by atoms with Crippen LogP contribution in [0.15, 0.2) is 24.8 Å². The minimum Gasteiger partial charge on any atom is -0.0988 e. The van der Waals surface area contributed by atoms with Crippen LogP contribution in [0.4, 0.5) is 0 Å². The zero-order valence-electron chi connectivity index (χ0n) is 12.6. The molecule has 0 radical (unpaired) electrons. The number of unbranched alkanes of at least 4 members (excludes halogenated alkanes) is 9. The molecule has 0 aliphatic carbocycles. The molecule has 0 heterocycles. The Balaban J connectivity index is 0. The summed E-state index contributed by atoms with van der Waals surface area (Å²) in [7, 11) is 0. The van der Waals surface area contributed by atoms with Crippen LogP contribution in [-0.4, -0.2) is 0 Å². The molecule has 102 valence electrons. The SMILES string of the molecule is C=CC(=C)C.CCCCCCCCCCCC. The third-order valence-corrected chi connectivity index (χ3v) is 2.81. The highest BCUT2D eigenvalue weighted by atomic mass is 14.0. The molecular weight excluding hydrogens is 204 g/mol. The Kier molecular flexibility index (Phi) is 19.8. The minimum atomic E-state index is 1.02. The molecule has 0 unspecified atom stereocenters. The highest BCUT2D eigenvalue weighted by molar-refractivity contribution is 5.05. The predicted octanol–water partition coefficient (Wildman–Crippen LogP) is 6.68. The van der Waals surface area contributed by atoms with Gasteiger partial charge in [-0.25, -0.2) is 0 Å². The Morgan fingerprint density at radius 3 is 1.18 bits per heavy atom. The molecule has 0 bridgehead atoms. The van der Waals surface area contributed by atoms with Crippen molar-refractivity contribution in [2.75, 3.05) is 0 Å². The van der Waals surface area contributed by atoms with Crippen molar-refractivity contribution in [2.24, 2.45) is 0 Å². The van der Waals surface area contributed by atoms with Crippen molar-refractivity contribution in [3.05, 3.63) is 24.8 Å². The summed E-state index contributed by atoms with van der Waals surface area (Å²) in [6.45, 7) is 13.5. The second-order valence-electron chi connectivity index (χ2n) is 4.88. The summed E-state index contributed by atoms with van der Waals surface area (Å²) in [5.41, 5.74) is 1.02. The van der Waals surface area contributed by atoms with Gasteiger partial charge in [0.1, 0.15) is 0 Å². The van der Waals surface area contributed by atoms with Crippen molar-refractivity contribution in [1.82, 2.24) is 0 Å². The average molecular weight is 238 g/mol. The Bertz CT molecular complexity index is 145. The van der Waals surface area contributed by atoms with E-state index in [1.165, 1.54) is 64.2 Å². The summed E-state index contributed by atoms with van der Waals surface area (Å²) >= 11 is 0. The number of allylic oxidation sites excluding steroid dienone is 2. The molecule has 0 aliphatic rings. The Hall–Kier alpha value is -0.520. The van der Waals surface area contributed by atoms with Gasteiger partial charge in [0.15, 0.2) is 0 Å². The van der Waals surface area contributed by atoms with Gasteiger partial charge in [0.25, 0.3) is 0 Å². The summed E-state index contributed by atoms with van der Waals surface area (Å²) < 4.78 is 0. The summed E-state index contributed by atoms with van der Waals surface area (Å²) in [4.78, 5) is 0. The minimum absolute atomic E-state index is 1.02. The molecule has 0 aromatic rings. The van der Waals surface area contributed by atoms with E-state index in [-0.39, 0.29) is 0 Å². The fourth-order valence-electron chi connectivity index (χ4n) is 1.56. The molecule has 0 aromatic heterocycles. The zero-order chi connectivity index (χ0) is 13.4. The second-order valence-corrected chi connectivity index (χ2v) is 4.88. The lowest BCUT2D eigenvalue weighted by Crippen LogP contribution is -1.80. The summed E-state index contributed by atoms with van der Waals surface area (Å²) in [6, 6.07) is 0. The van der Waals surface area contributed by atoms with Crippen LogP contribution in [0.2, 0.25) is 0 Å². The van der Waals surface area contributed by atoms with Gasteiger partial charge in [-0.05, 0) is 6.92 Å². The highest BCUT2D eigenvalue weighted by Crippen LogP contribution is 2.09. The zero-order valence-corrected chi connectivity index (χ0v) is 12.6. The van der Waals surface area contributed by atoms with Crippen molar-refractivity contribution in [1.29, 1.82) is 0 Å². The smallest absolute Gasteiger partial charge is 0.0404 e. The molecule has 0 saturated carbocycles. The van der Waals surface area contributed by atoms with Crippen molar-refractivity contribution >= 4 is 0 Å². The molecular formula is C17H34. The van der Waals surface area contributed by atoms with Crippen LogP contribution >= 0.6 is 0 Å². The second kappa shape index (κ2) is 17.9. The van der Waals surface area contributed by atoms with Crippen molar-refractivity contribution < 1.29 is 0 Å². The van der Waals surface area contributed by atoms with Gasteiger partial charge in [-0.15, -0.1) is 0 Å². The van der Waals surface area contributed by atoms with Crippen LogP contribution in [0.3, 0.4) is 0 Å². The van der Waals surface area contributed by atoms with Gasteiger partial charge in [0.2, 0.25) is 0 Å². The summed E-state index contributed by atoms with van der Waals surface area (Å²) in [6.07, 6.45) is 16.2. The van der Waals surface area contributed by atoms with Gasteiger partial charge in [0.05, 0.1) is 0 Å². The van der Waals surface area contributed by atoms with Crippen LogP contribution < -0.4 is 0 Å². The number of hydrogen-bond donors (Lipinski definition) is 0. The molecule has 0 heteroatoms. The van der Waals surface area contributed by atoms with Crippen LogP contribution in [-0.2, 0) is 0 Å². The van der Waals surface area contributed by atoms with E-state index in [9.17, 15) is 0 Å². The first-order valence-corrected chi connectivity index (χ1v) is 7.46. The van der Waals surface area contributed by atoms with Crippen molar-refractivity contribution in [3.63, 3.8) is 0 Å². The molecule has 0 atom stereocenters. The van der Waals surface area contributed by atoms with E-state index >= 15 is 0 Å². The molecule has 0 aliphatic heterocycles. The molecule has 0 rings (SSSR count). The van der Waals surface area contributed by atoms with Crippen LogP contribution in [0.25, 0.3) is 0 Å². The molecule has 0 amide bonds. The van der Waals surface area contributed by atoms with Gasteiger partial charge >= 0.3 is 0 Å². The molecule has 0 spiro atoms. The lowest BCUT2D eigenvalue weighted by Gasteiger charge is -1.99.